The van der Waals surface area contributed by atoms with E-state index in [1.807, 2.05) is 20.8 Å². The standard InChI is InChI=1S/C10H20O2Te/c1-5-8(13)7-9(11)12-10(3,4)6-2/h8,13H,5-7H2,1-4H3/p+1. The van der Waals surface area contributed by atoms with Crippen molar-refractivity contribution in [2.75, 3.05) is 0 Å². The molecule has 3 heteroatoms. The second-order valence-corrected chi connectivity index (χ2v) is 5.94. The molecule has 0 saturated carbocycles. The number of hydrogen-bond acceptors (Lipinski definition) is 2. The Labute approximate surface area is 95.8 Å². The van der Waals surface area contributed by atoms with Crippen LogP contribution in [0.25, 0.3) is 0 Å². The fourth-order valence-corrected chi connectivity index (χ4v) is 1.18. The van der Waals surface area contributed by atoms with Crippen LogP contribution in [0.15, 0.2) is 0 Å². The topological polar surface area (TPSA) is 26.3 Å². The summed E-state index contributed by atoms with van der Waals surface area (Å²) in [4.78, 5) is 11.4. The molecule has 13 heavy (non-hydrogen) atoms. The van der Waals surface area contributed by atoms with Crippen molar-refractivity contribution in [1.29, 1.82) is 0 Å². The van der Waals surface area contributed by atoms with Crippen molar-refractivity contribution in [3.05, 3.63) is 0 Å². The quantitative estimate of drug-likeness (QED) is 0.575. The van der Waals surface area contributed by atoms with Gasteiger partial charge in [0.1, 0.15) is 0 Å². The zero-order valence-corrected chi connectivity index (χ0v) is 11.5. The Bertz CT molecular complexity index is 172. The molecular formula is C10H21O2Te+. The Kier molecular flexibility index (Phi) is 6.00. The number of carbonyl (C=O) groups excluding carboxylic acids is 1. The van der Waals surface area contributed by atoms with Gasteiger partial charge >= 0.3 is 95.7 Å². The van der Waals surface area contributed by atoms with Gasteiger partial charge in [0.25, 0.3) is 0 Å². The van der Waals surface area contributed by atoms with Crippen molar-refractivity contribution in [2.24, 2.45) is 0 Å². The first-order valence-electron chi connectivity index (χ1n) is 4.81. The molecule has 1 atom stereocenters. The van der Waals surface area contributed by atoms with Gasteiger partial charge < -0.3 is 0 Å². The minimum Gasteiger partial charge on any atom is 1.00 e. The number of hydrogen-bond donors (Lipinski definition) is 0. The molecule has 0 fully saturated rings. The second-order valence-electron chi connectivity index (χ2n) is 3.85. The smallest absolute Gasteiger partial charge is 1.00 e. The SMILES string of the molecule is CCC([TeH])CC(=O)OC(C)(C)CC.[H+]. The first kappa shape index (κ1) is 13.3. The molecule has 0 amide bonds. The van der Waals surface area contributed by atoms with Crippen LogP contribution in [0.5, 0.6) is 0 Å². The van der Waals surface area contributed by atoms with Gasteiger partial charge in [0.15, 0.2) is 0 Å². The van der Waals surface area contributed by atoms with Crippen molar-refractivity contribution < 1.29 is 11.0 Å². The molecule has 0 radical (unpaired) electrons. The van der Waals surface area contributed by atoms with E-state index in [0.717, 1.165) is 12.8 Å². The molecule has 0 saturated heterocycles. The van der Waals surface area contributed by atoms with Crippen LogP contribution >= 0.6 is 0 Å². The van der Waals surface area contributed by atoms with Gasteiger partial charge in [0, 0.05) is 0 Å². The molecule has 0 aromatic carbocycles. The maximum absolute atomic E-state index is 11.4. The molecule has 0 aliphatic rings. The zero-order chi connectivity index (χ0) is 10.5. The largest absolute Gasteiger partial charge is 1.00 e. The molecule has 0 aliphatic heterocycles. The number of rotatable bonds is 5. The van der Waals surface area contributed by atoms with E-state index in [1.54, 1.807) is 22.3 Å². The average Bonchev–Trinajstić information content (AvgIpc) is 2.03. The Balaban J connectivity index is 0. The van der Waals surface area contributed by atoms with E-state index in [9.17, 15) is 4.79 Å². The predicted molar refractivity (Wildman–Crippen MR) is 57.4 cm³/mol. The van der Waals surface area contributed by atoms with Crippen LogP contribution in [-0.2, 0) is 9.53 Å². The van der Waals surface area contributed by atoms with Crippen molar-refractivity contribution in [1.82, 2.24) is 0 Å². The van der Waals surface area contributed by atoms with Gasteiger partial charge in [-0.1, -0.05) is 0 Å². The van der Waals surface area contributed by atoms with Crippen LogP contribution in [0.1, 0.15) is 48.4 Å². The minimum absolute atomic E-state index is 0. The van der Waals surface area contributed by atoms with Gasteiger partial charge in [-0.3, -0.25) is 0 Å². The van der Waals surface area contributed by atoms with Crippen LogP contribution in [0.4, 0.5) is 0 Å². The maximum Gasteiger partial charge on any atom is 1.00 e. The van der Waals surface area contributed by atoms with Gasteiger partial charge in [-0.15, -0.1) is 0 Å². The van der Waals surface area contributed by atoms with Gasteiger partial charge in [-0.2, -0.15) is 0 Å². The Morgan fingerprint density at radius 1 is 1.54 bits per heavy atom. The molecule has 1 unspecified atom stereocenters. The van der Waals surface area contributed by atoms with E-state index >= 15 is 0 Å². The van der Waals surface area contributed by atoms with Crippen molar-refractivity contribution in [2.45, 2.75) is 56.5 Å². The van der Waals surface area contributed by atoms with Crippen LogP contribution in [0.3, 0.4) is 0 Å². The first-order valence-corrected chi connectivity index (χ1v) is 6.28. The Hall–Kier alpha value is 0.260. The molecule has 0 aromatic rings. The van der Waals surface area contributed by atoms with Gasteiger partial charge in [0.05, 0.1) is 0 Å². The van der Waals surface area contributed by atoms with Gasteiger partial charge in [-0.25, -0.2) is 0 Å². The molecule has 0 aliphatic carbocycles. The summed E-state index contributed by atoms with van der Waals surface area (Å²) in [6, 6.07) is 0. The number of esters is 1. The van der Waals surface area contributed by atoms with E-state index in [4.69, 9.17) is 4.74 Å². The van der Waals surface area contributed by atoms with Crippen LogP contribution in [0, 0.1) is 0 Å². The summed E-state index contributed by atoms with van der Waals surface area (Å²) in [5.74, 6) is -0.0558. The predicted octanol–water partition coefficient (Wildman–Crippen LogP) is 2.32. The van der Waals surface area contributed by atoms with E-state index in [1.165, 1.54) is 0 Å². The molecular weight excluding hydrogens is 280 g/mol. The van der Waals surface area contributed by atoms with E-state index < -0.39 is 0 Å². The third-order valence-corrected chi connectivity index (χ3v) is 3.68. The third-order valence-electron chi connectivity index (χ3n) is 2.12. The van der Waals surface area contributed by atoms with E-state index in [2.05, 4.69) is 6.92 Å². The van der Waals surface area contributed by atoms with E-state index in [-0.39, 0.29) is 13.0 Å². The number of ether oxygens (including phenoxy) is 1. The molecule has 0 bridgehead atoms. The van der Waals surface area contributed by atoms with Crippen LogP contribution in [0.2, 0.25) is 3.97 Å². The molecule has 0 N–H and O–H groups in total. The zero-order valence-electron chi connectivity index (χ0n) is 9.96. The van der Waals surface area contributed by atoms with Gasteiger partial charge in [0.2, 0.25) is 0 Å². The van der Waals surface area contributed by atoms with Crippen molar-refractivity contribution >= 4 is 28.3 Å². The average molecular weight is 301 g/mol. The van der Waals surface area contributed by atoms with Crippen molar-refractivity contribution in [3.63, 3.8) is 0 Å². The molecule has 0 spiro atoms. The van der Waals surface area contributed by atoms with Gasteiger partial charge in [-0.05, 0) is 0 Å². The fourth-order valence-electron chi connectivity index (χ4n) is 0.759. The van der Waals surface area contributed by atoms with Crippen LogP contribution in [-0.4, -0.2) is 33.9 Å². The van der Waals surface area contributed by atoms with Crippen LogP contribution < -0.4 is 0 Å². The molecule has 0 rings (SSSR count). The summed E-state index contributed by atoms with van der Waals surface area (Å²) in [6.45, 7) is 8.03. The third kappa shape index (κ3) is 6.35. The molecule has 0 aromatic heterocycles. The first-order chi connectivity index (χ1) is 5.91. The molecule has 2 nitrogen and oxygen atoms in total. The van der Waals surface area contributed by atoms with E-state index in [0.29, 0.717) is 10.4 Å². The summed E-state index contributed by atoms with van der Waals surface area (Å²) in [5, 5.41) is 0. The monoisotopic (exact) mass is 303 g/mol. The summed E-state index contributed by atoms with van der Waals surface area (Å²) >= 11 is 1.71. The molecule has 0 heterocycles. The Morgan fingerprint density at radius 3 is 2.46 bits per heavy atom. The Morgan fingerprint density at radius 2 is 2.08 bits per heavy atom. The normalized spacial score (nSPS) is 13.9. The summed E-state index contributed by atoms with van der Waals surface area (Å²) in [6.07, 6.45) is 2.48. The van der Waals surface area contributed by atoms with Crippen molar-refractivity contribution in [3.8, 4) is 0 Å². The second kappa shape index (κ2) is 5.88. The minimum atomic E-state index is -0.295. The summed E-state index contributed by atoms with van der Waals surface area (Å²) in [7, 11) is 0. The summed E-state index contributed by atoms with van der Waals surface area (Å²) in [5.41, 5.74) is -0.295. The fraction of sp³-hybridized carbons (Fsp3) is 0.900. The summed E-state index contributed by atoms with van der Waals surface area (Å²) < 4.78 is 5.81. The molecule has 78 valence electrons. The maximum atomic E-state index is 11.4. The number of carbonyl (C=O) groups is 1.